The molecule has 1 aliphatic heterocycles. The van der Waals surface area contributed by atoms with Gasteiger partial charge in [-0.05, 0) is 37.5 Å². The maximum atomic E-state index is 11.8. The molecule has 96 valence electrons. The Balaban J connectivity index is 2.01. The number of halogens is 1. The van der Waals surface area contributed by atoms with Crippen LogP contribution < -0.4 is 5.32 Å². The summed E-state index contributed by atoms with van der Waals surface area (Å²) in [6, 6.07) is 5.47. The molecule has 0 bridgehead atoms. The van der Waals surface area contributed by atoms with Gasteiger partial charge in [-0.25, -0.2) is 0 Å². The van der Waals surface area contributed by atoms with Gasteiger partial charge in [0.15, 0.2) is 0 Å². The molecule has 0 radical (unpaired) electrons. The Kier molecular flexibility index (Phi) is 4.01. The Hall–Kier alpha value is -1.36. The lowest BCUT2D eigenvalue weighted by Crippen LogP contribution is -2.37. The lowest BCUT2D eigenvalue weighted by molar-refractivity contribution is -0.142. The van der Waals surface area contributed by atoms with Crippen LogP contribution in [-0.2, 0) is 9.59 Å². The molecule has 1 saturated heterocycles. The van der Waals surface area contributed by atoms with Crippen LogP contribution in [0, 0.1) is 6.92 Å². The fourth-order valence-corrected chi connectivity index (χ4v) is 2.30. The Morgan fingerprint density at radius 3 is 2.56 bits per heavy atom. The van der Waals surface area contributed by atoms with Crippen molar-refractivity contribution in [2.75, 3.05) is 18.4 Å². The number of amides is 2. The Morgan fingerprint density at radius 1 is 1.28 bits per heavy atom. The SMILES string of the molecule is Cc1ccc(NC(=O)C(=O)N2CCCC2)cc1Br. The third kappa shape index (κ3) is 2.90. The van der Waals surface area contributed by atoms with E-state index in [-0.39, 0.29) is 0 Å². The number of nitrogens with zero attached hydrogens (tertiary/aromatic N) is 1. The zero-order chi connectivity index (χ0) is 13.1. The predicted molar refractivity (Wildman–Crippen MR) is 73.3 cm³/mol. The van der Waals surface area contributed by atoms with Gasteiger partial charge in [-0.1, -0.05) is 22.0 Å². The molecule has 2 rings (SSSR count). The summed E-state index contributed by atoms with van der Waals surface area (Å²) in [7, 11) is 0. The van der Waals surface area contributed by atoms with Gasteiger partial charge in [-0.15, -0.1) is 0 Å². The van der Waals surface area contributed by atoms with E-state index in [1.807, 2.05) is 13.0 Å². The van der Waals surface area contributed by atoms with Crippen molar-refractivity contribution < 1.29 is 9.59 Å². The summed E-state index contributed by atoms with van der Waals surface area (Å²) in [5.74, 6) is -1.00. The Labute approximate surface area is 114 Å². The second-order valence-electron chi connectivity index (χ2n) is 4.42. The van der Waals surface area contributed by atoms with E-state index in [0.29, 0.717) is 18.8 Å². The lowest BCUT2D eigenvalue weighted by Gasteiger charge is -2.14. The summed E-state index contributed by atoms with van der Waals surface area (Å²) in [6.45, 7) is 3.33. The van der Waals surface area contributed by atoms with Crippen molar-refractivity contribution in [3.05, 3.63) is 28.2 Å². The van der Waals surface area contributed by atoms with Crippen LogP contribution in [0.3, 0.4) is 0 Å². The van der Waals surface area contributed by atoms with Gasteiger partial charge < -0.3 is 10.2 Å². The molecule has 0 aromatic heterocycles. The third-order valence-corrected chi connectivity index (χ3v) is 3.87. The number of benzene rings is 1. The van der Waals surface area contributed by atoms with Crippen molar-refractivity contribution in [1.29, 1.82) is 0 Å². The highest BCUT2D eigenvalue weighted by atomic mass is 79.9. The average molecular weight is 311 g/mol. The largest absolute Gasteiger partial charge is 0.334 e. The molecule has 0 aliphatic carbocycles. The molecule has 1 fully saturated rings. The number of hydrogen-bond acceptors (Lipinski definition) is 2. The number of nitrogens with one attached hydrogen (secondary N) is 1. The van der Waals surface area contributed by atoms with Crippen LogP contribution in [0.5, 0.6) is 0 Å². The van der Waals surface area contributed by atoms with Crippen LogP contribution in [0.4, 0.5) is 5.69 Å². The van der Waals surface area contributed by atoms with E-state index in [4.69, 9.17) is 0 Å². The minimum absolute atomic E-state index is 0.441. The maximum absolute atomic E-state index is 11.8. The predicted octanol–water partition coefficient (Wildman–Crippen LogP) is 2.32. The number of hydrogen-bond donors (Lipinski definition) is 1. The molecule has 2 amide bonds. The monoisotopic (exact) mass is 310 g/mol. The van der Waals surface area contributed by atoms with Crippen LogP contribution >= 0.6 is 15.9 Å². The number of likely N-dealkylation sites (tertiary alicyclic amines) is 1. The van der Waals surface area contributed by atoms with E-state index in [9.17, 15) is 9.59 Å². The first kappa shape index (κ1) is 13.1. The van der Waals surface area contributed by atoms with E-state index >= 15 is 0 Å². The molecule has 1 N–H and O–H groups in total. The molecule has 0 saturated carbocycles. The van der Waals surface area contributed by atoms with E-state index in [0.717, 1.165) is 22.9 Å². The minimum Gasteiger partial charge on any atom is -0.334 e. The number of rotatable bonds is 1. The second-order valence-corrected chi connectivity index (χ2v) is 5.27. The molecule has 18 heavy (non-hydrogen) atoms. The van der Waals surface area contributed by atoms with Gasteiger partial charge in [0.1, 0.15) is 0 Å². The summed E-state index contributed by atoms with van der Waals surface area (Å²) < 4.78 is 0.911. The molecule has 1 heterocycles. The van der Waals surface area contributed by atoms with Crippen LogP contribution in [0.25, 0.3) is 0 Å². The van der Waals surface area contributed by atoms with Crippen molar-refractivity contribution in [3.8, 4) is 0 Å². The molecule has 1 aromatic rings. The first-order valence-electron chi connectivity index (χ1n) is 5.94. The summed E-state index contributed by atoms with van der Waals surface area (Å²) >= 11 is 3.39. The standard InChI is InChI=1S/C13H15BrN2O2/c1-9-4-5-10(8-11(9)14)15-12(17)13(18)16-6-2-3-7-16/h4-5,8H,2-3,6-7H2,1H3,(H,15,17). The molecule has 0 atom stereocenters. The third-order valence-electron chi connectivity index (χ3n) is 3.02. The smallest absolute Gasteiger partial charge is 0.313 e. The van der Waals surface area contributed by atoms with Gasteiger partial charge in [-0.2, -0.15) is 0 Å². The van der Waals surface area contributed by atoms with Gasteiger partial charge in [0.2, 0.25) is 0 Å². The Morgan fingerprint density at radius 2 is 1.94 bits per heavy atom. The summed E-state index contributed by atoms with van der Waals surface area (Å²) in [5.41, 5.74) is 1.71. The second kappa shape index (κ2) is 5.52. The maximum Gasteiger partial charge on any atom is 0.313 e. The number of aryl methyl sites for hydroxylation is 1. The van der Waals surface area contributed by atoms with Crippen molar-refractivity contribution in [1.82, 2.24) is 4.90 Å². The molecular weight excluding hydrogens is 296 g/mol. The highest BCUT2D eigenvalue weighted by Crippen LogP contribution is 2.20. The van der Waals surface area contributed by atoms with Crippen LogP contribution in [0.1, 0.15) is 18.4 Å². The van der Waals surface area contributed by atoms with Crippen LogP contribution in [0.2, 0.25) is 0 Å². The van der Waals surface area contributed by atoms with Crippen LogP contribution in [0.15, 0.2) is 22.7 Å². The summed E-state index contributed by atoms with van der Waals surface area (Å²) in [4.78, 5) is 25.2. The molecule has 5 heteroatoms. The zero-order valence-corrected chi connectivity index (χ0v) is 11.8. The van der Waals surface area contributed by atoms with E-state index in [1.165, 1.54) is 0 Å². The summed E-state index contributed by atoms with van der Waals surface area (Å²) in [5, 5.41) is 2.63. The zero-order valence-electron chi connectivity index (χ0n) is 10.2. The highest BCUT2D eigenvalue weighted by molar-refractivity contribution is 9.10. The highest BCUT2D eigenvalue weighted by Gasteiger charge is 2.24. The molecule has 4 nitrogen and oxygen atoms in total. The molecule has 1 aromatic carbocycles. The lowest BCUT2D eigenvalue weighted by atomic mass is 10.2. The minimum atomic E-state index is -0.562. The fraction of sp³-hybridized carbons (Fsp3) is 0.385. The normalized spacial score (nSPS) is 14.7. The van der Waals surface area contributed by atoms with E-state index in [2.05, 4.69) is 21.2 Å². The first-order valence-corrected chi connectivity index (χ1v) is 6.73. The van der Waals surface area contributed by atoms with Gasteiger partial charge >= 0.3 is 11.8 Å². The van der Waals surface area contributed by atoms with Gasteiger partial charge in [0.25, 0.3) is 0 Å². The van der Waals surface area contributed by atoms with Crippen molar-refractivity contribution in [3.63, 3.8) is 0 Å². The number of carbonyl (C=O) groups excluding carboxylic acids is 2. The quantitative estimate of drug-likeness (QED) is 0.809. The van der Waals surface area contributed by atoms with Gasteiger partial charge in [-0.3, -0.25) is 9.59 Å². The average Bonchev–Trinajstić information content (AvgIpc) is 2.86. The van der Waals surface area contributed by atoms with Crippen molar-refractivity contribution >= 4 is 33.4 Å². The van der Waals surface area contributed by atoms with Crippen LogP contribution in [-0.4, -0.2) is 29.8 Å². The first-order chi connectivity index (χ1) is 8.58. The molecule has 0 unspecified atom stereocenters. The van der Waals surface area contributed by atoms with E-state index in [1.54, 1.807) is 17.0 Å². The molecular formula is C13H15BrN2O2. The van der Waals surface area contributed by atoms with Gasteiger partial charge in [0, 0.05) is 23.2 Å². The number of carbonyl (C=O) groups is 2. The van der Waals surface area contributed by atoms with E-state index < -0.39 is 11.8 Å². The molecule has 1 aliphatic rings. The molecule has 0 spiro atoms. The number of anilines is 1. The Bertz CT molecular complexity index is 482. The van der Waals surface area contributed by atoms with Gasteiger partial charge in [0.05, 0.1) is 0 Å². The van der Waals surface area contributed by atoms with Crippen molar-refractivity contribution in [2.45, 2.75) is 19.8 Å². The fourth-order valence-electron chi connectivity index (χ4n) is 1.92. The summed E-state index contributed by atoms with van der Waals surface area (Å²) in [6.07, 6.45) is 1.96. The van der Waals surface area contributed by atoms with Crippen molar-refractivity contribution in [2.24, 2.45) is 0 Å². The topological polar surface area (TPSA) is 49.4 Å².